The van der Waals surface area contributed by atoms with E-state index < -0.39 is 12.0 Å². The number of nitrogens with one attached hydrogen (secondary N) is 1. The van der Waals surface area contributed by atoms with Gasteiger partial charge in [-0.25, -0.2) is 8.78 Å². The summed E-state index contributed by atoms with van der Waals surface area (Å²) >= 11 is 3.15. The molecule has 4 N–H and O–H groups in total. The van der Waals surface area contributed by atoms with Gasteiger partial charge in [0, 0.05) is 16.1 Å². The van der Waals surface area contributed by atoms with E-state index in [1.807, 2.05) is 0 Å². The van der Waals surface area contributed by atoms with Crippen LogP contribution < -0.4 is 11.1 Å². The average Bonchev–Trinajstić information content (AvgIpc) is 2.18. The van der Waals surface area contributed by atoms with E-state index in [-0.39, 0.29) is 23.0 Å². The Balaban J connectivity index is 2.22. The van der Waals surface area contributed by atoms with Crippen LogP contribution in [0, 0.1) is 0 Å². The quantitative estimate of drug-likeness (QED) is 0.749. The molecule has 1 aromatic rings. The second-order valence-electron chi connectivity index (χ2n) is 5.01. The highest BCUT2D eigenvalue weighted by atomic mass is 79.9. The standard InChI is InChI=1S/C12H15BrF2N2O/c1-12(18)4-7(5-12)17-10-8(11(14)15)2-6(13)3-9(10)16/h2-3,7,11,17-18H,4-5,16H2,1H3. The normalized spacial score (nSPS) is 27.1. The lowest BCUT2D eigenvalue weighted by molar-refractivity contribution is -0.0234. The van der Waals surface area contributed by atoms with Gasteiger partial charge in [-0.2, -0.15) is 0 Å². The predicted octanol–water partition coefficient (Wildman–Crippen LogP) is 3.29. The van der Waals surface area contributed by atoms with Gasteiger partial charge in [-0.05, 0) is 31.9 Å². The zero-order chi connectivity index (χ0) is 13.5. The molecule has 0 atom stereocenters. The van der Waals surface area contributed by atoms with Crippen molar-refractivity contribution in [3.63, 3.8) is 0 Å². The second-order valence-corrected chi connectivity index (χ2v) is 5.92. The lowest BCUT2D eigenvalue weighted by Crippen LogP contribution is -2.48. The summed E-state index contributed by atoms with van der Waals surface area (Å²) in [5.74, 6) is 0. The number of benzene rings is 1. The van der Waals surface area contributed by atoms with Gasteiger partial charge in [0.25, 0.3) is 6.43 Å². The van der Waals surface area contributed by atoms with E-state index in [1.165, 1.54) is 6.07 Å². The molecule has 1 aliphatic rings. The number of halogens is 3. The molecule has 0 unspecified atom stereocenters. The fourth-order valence-electron chi connectivity index (χ4n) is 2.30. The lowest BCUT2D eigenvalue weighted by atomic mass is 9.77. The summed E-state index contributed by atoms with van der Waals surface area (Å²) in [6.07, 6.45) is -1.52. The molecule has 0 aromatic heterocycles. The third-order valence-electron chi connectivity index (χ3n) is 3.12. The molecule has 1 aromatic carbocycles. The van der Waals surface area contributed by atoms with Crippen LogP contribution in [0.1, 0.15) is 31.8 Å². The SMILES string of the molecule is CC1(O)CC(Nc2c(N)cc(Br)cc2C(F)F)C1. The number of anilines is 2. The summed E-state index contributed by atoms with van der Waals surface area (Å²) in [6, 6.07) is 2.94. The van der Waals surface area contributed by atoms with Crippen LogP contribution >= 0.6 is 15.9 Å². The van der Waals surface area contributed by atoms with E-state index in [0.29, 0.717) is 17.3 Å². The first-order valence-electron chi connectivity index (χ1n) is 5.64. The molecule has 0 saturated heterocycles. The Bertz CT molecular complexity index is 458. The summed E-state index contributed by atoms with van der Waals surface area (Å²) in [7, 11) is 0. The first-order chi connectivity index (χ1) is 8.28. The second kappa shape index (κ2) is 4.66. The first kappa shape index (κ1) is 13.5. The van der Waals surface area contributed by atoms with Gasteiger partial charge >= 0.3 is 0 Å². The highest BCUT2D eigenvalue weighted by Crippen LogP contribution is 2.39. The van der Waals surface area contributed by atoms with Crippen LogP contribution in [-0.2, 0) is 0 Å². The van der Waals surface area contributed by atoms with Crippen molar-refractivity contribution in [3.8, 4) is 0 Å². The van der Waals surface area contributed by atoms with Crippen molar-refractivity contribution in [1.29, 1.82) is 0 Å². The Kier molecular flexibility index (Phi) is 3.51. The number of hydrogen-bond acceptors (Lipinski definition) is 3. The molecule has 0 heterocycles. The number of nitrogens with two attached hydrogens (primary N) is 1. The maximum atomic E-state index is 12.9. The van der Waals surface area contributed by atoms with Gasteiger partial charge in [0.05, 0.1) is 17.0 Å². The van der Waals surface area contributed by atoms with Crippen LogP contribution in [0.2, 0.25) is 0 Å². The summed E-state index contributed by atoms with van der Waals surface area (Å²) in [5, 5.41) is 12.6. The van der Waals surface area contributed by atoms with Gasteiger partial charge in [0.1, 0.15) is 0 Å². The fourth-order valence-corrected chi connectivity index (χ4v) is 2.79. The average molecular weight is 321 g/mol. The van der Waals surface area contributed by atoms with Crippen LogP contribution in [0.25, 0.3) is 0 Å². The van der Waals surface area contributed by atoms with Gasteiger partial charge in [-0.3, -0.25) is 0 Å². The summed E-state index contributed by atoms with van der Waals surface area (Å²) in [6.45, 7) is 1.73. The highest BCUT2D eigenvalue weighted by molar-refractivity contribution is 9.10. The van der Waals surface area contributed by atoms with Crippen LogP contribution in [0.15, 0.2) is 16.6 Å². The van der Waals surface area contributed by atoms with Crippen LogP contribution in [0.4, 0.5) is 20.2 Å². The van der Waals surface area contributed by atoms with E-state index in [1.54, 1.807) is 13.0 Å². The van der Waals surface area contributed by atoms with Crippen molar-refractivity contribution in [3.05, 3.63) is 22.2 Å². The Labute approximate surface area is 112 Å². The number of alkyl halides is 2. The van der Waals surface area contributed by atoms with E-state index in [9.17, 15) is 13.9 Å². The van der Waals surface area contributed by atoms with Crippen LogP contribution in [-0.4, -0.2) is 16.7 Å². The van der Waals surface area contributed by atoms with Gasteiger partial charge in [-0.15, -0.1) is 0 Å². The largest absolute Gasteiger partial charge is 0.397 e. The monoisotopic (exact) mass is 320 g/mol. The van der Waals surface area contributed by atoms with Crippen molar-refractivity contribution >= 4 is 27.3 Å². The third kappa shape index (κ3) is 2.75. The molecule has 1 fully saturated rings. The molecule has 18 heavy (non-hydrogen) atoms. The molecule has 6 heteroatoms. The Hall–Kier alpha value is -0.880. The molecule has 0 spiro atoms. The molecule has 0 bridgehead atoms. The Morgan fingerprint density at radius 3 is 2.61 bits per heavy atom. The fraction of sp³-hybridized carbons (Fsp3) is 0.500. The zero-order valence-electron chi connectivity index (χ0n) is 9.88. The van der Waals surface area contributed by atoms with Crippen molar-refractivity contribution < 1.29 is 13.9 Å². The maximum absolute atomic E-state index is 12.9. The van der Waals surface area contributed by atoms with Gasteiger partial charge in [0.15, 0.2) is 0 Å². The predicted molar refractivity (Wildman–Crippen MR) is 70.8 cm³/mol. The number of hydrogen-bond donors (Lipinski definition) is 3. The molecule has 0 aliphatic heterocycles. The van der Waals surface area contributed by atoms with Crippen molar-refractivity contribution in [1.82, 2.24) is 0 Å². The lowest BCUT2D eigenvalue weighted by Gasteiger charge is -2.42. The minimum atomic E-state index is -2.59. The molecule has 100 valence electrons. The molecule has 2 rings (SSSR count). The molecular formula is C12H15BrF2N2O. The number of aliphatic hydroxyl groups is 1. The Morgan fingerprint density at radius 1 is 1.50 bits per heavy atom. The molecule has 1 aliphatic carbocycles. The summed E-state index contributed by atoms with van der Waals surface area (Å²) in [5.41, 5.74) is 5.50. The summed E-state index contributed by atoms with van der Waals surface area (Å²) < 4.78 is 26.4. The molecule has 0 amide bonds. The van der Waals surface area contributed by atoms with E-state index in [0.717, 1.165) is 0 Å². The molecule has 3 nitrogen and oxygen atoms in total. The molecule has 1 saturated carbocycles. The van der Waals surface area contributed by atoms with Crippen molar-refractivity contribution in [2.75, 3.05) is 11.1 Å². The summed E-state index contributed by atoms with van der Waals surface area (Å²) in [4.78, 5) is 0. The van der Waals surface area contributed by atoms with Crippen molar-refractivity contribution in [2.45, 2.75) is 37.8 Å². The van der Waals surface area contributed by atoms with Gasteiger partial charge < -0.3 is 16.2 Å². The van der Waals surface area contributed by atoms with Crippen LogP contribution in [0.3, 0.4) is 0 Å². The topological polar surface area (TPSA) is 58.3 Å². The number of nitrogen functional groups attached to an aromatic ring is 1. The maximum Gasteiger partial charge on any atom is 0.265 e. The minimum Gasteiger partial charge on any atom is -0.397 e. The molecule has 0 radical (unpaired) electrons. The third-order valence-corrected chi connectivity index (χ3v) is 3.58. The molecular weight excluding hydrogens is 306 g/mol. The zero-order valence-corrected chi connectivity index (χ0v) is 11.5. The van der Waals surface area contributed by atoms with E-state index >= 15 is 0 Å². The van der Waals surface area contributed by atoms with Crippen LogP contribution in [0.5, 0.6) is 0 Å². The first-order valence-corrected chi connectivity index (χ1v) is 6.44. The number of rotatable bonds is 3. The minimum absolute atomic E-state index is 0.0130. The van der Waals surface area contributed by atoms with E-state index in [2.05, 4.69) is 21.2 Å². The smallest absolute Gasteiger partial charge is 0.265 e. The van der Waals surface area contributed by atoms with E-state index in [4.69, 9.17) is 5.73 Å². The van der Waals surface area contributed by atoms with Crippen molar-refractivity contribution in [2.24, 2.45) is 0 Å². The Morgan fingerprint density at radius 2 is 2.11 bits per heavy atom. The highest BCUT2D eigenvalue weighted by Gasteiger charge is 2.38. The van der Waals surface area contributed by atoms with Gasteiger partial charge in [0.2, 0.25) is 0 Å². The van der Waals surface area contributed by atoms with Gasteiger partial charge in [-0.1, -0.05) is 15.9 Å².